The third-order valence-electron chi connectivity index (χ3n) is 4.73. The number of rotatable bonds is 1. The van der Waals surface area contributed by atoms with Gasteiger partial charge in [-0.05, 0) is 47.1 Å². The Morgan fingerprint density at radius 2 is 1.95 bits per heavy atom. The number of hydrogen-bond donors (Lipinski definition) is 1. The molecule has 4 rings (SSSR count). The Labute approximate surface area is 124 Å². The second kappa shape index (κ2) is 4.59. The third kappa shape index (κ3) is 2.07. The normalized spacial score (nSPS) is 25.8. The standard InChI is InChI=1S/C19H17NO/c20-19(21)15-6-5-14-9-17-7-12-3-1-2-4-13(12)8-18(17)11-16(14)10-15/h1-6,8,10-11,14,17H,7,9H2,(H2,20,21). The zero-order valence-corrected chi connectivity index (χ0v) is 11.8. The number of amides is 1. The average molecular weight is 275 g/mol. The molecule has 3 aliphatic carbocycles. The van der Waals surface area contributed by atoms with Gasteiger partial charge in [-0.3, -0.25) is 4.79 Å². The highest BCUT2D eigenvalue weighted by Crippen LogP contribution is 2.42. The first-order chi connectivity index (χ1) is 10.2. The SMILES string of the molecule is NC(=O)C1=CC2=CC3=Cc4ccccc4CC3CC2C=C1. The maximum absolute atomic E-state index is 11.3. The van der Waals surface area contributed by atoms with Crippen LogP contribution in [0.1, 0.15) is 17.5 Å². The second-order valence-corrected chi connectivity index (χ2v) is 6.05. The first-order valence-corrected chi connectivity index (χ1v) is 7.41. The fraction of sp³-hybridized carbons (Fsp3) is 0.211. The van der Waals surface area contributed by atoms with Crippen molar-refractivity contribution in [2.45, 2.75) is 12.8 Å². The molecule has 104 valence electrons. The predicted octanol–water partition coefficient (Wildman–Crippen LogP) is 3.17. The number of carbonyl (C=O) groups is 1. The number of fused-ring (bicyclic) bond motifs is 3. The van der Waals surface area contributed by atoms with Gasteiger partial charge >= 0.3 is 0 Å². The van der Waals surface area contributed by atoms with Crippen molar-refractivity contribution in [3.05, 3.63) is 76.4 Å². The minimum atomic E-state index is -0.351. The minimum Gasteiger partial charge on any atom is -0.366 e. The Balaban J connectivity index is 1.77. The summed E-state index contributed by atoms with van der Waals surface area (Å²) in [6.07, 6.45) is 12.7. The molecule has 2 atom stereocenters. The van der Waals surface area contributed by atoms with Crippen molar-refractivity contribution in [3.8, 4) is 0 Å². The lowest BCUT2D eigenvalue weighted by molar-refractivity contribution is -0.114. The molecule has 1 amide bonds. The molecule has 0 saturated carbocycles. The van der Waals surface area contributed by atoms with E-state index in [0.717, 1.165) is 12.8 Å². The van der Waals surface area contributed by atoms with Crippen LogP contribution in [0.2, 0.25) is 0 Å². The van der Waals surface area contributed by atoms with Crippen molar-refractivity contribution >= 4 is 12.0 Å². The van der Waals surface area contributed by atoms with Gasteiger partial charge in [-0.15, -0.1) is 0 Å². The van der Waals surface area contributed by atoms with Gasteiger partial charge < -0.3 is 5.73 Å². The molecule has 0 bridgehead atoms. The van der Waals surface area contributed by atoms with Crippen LogP contribution in [-0.2, 0) is 11.2 Å². The van der Waals surface area contributed by atoms with Crippen molar-refractivity contribution in [3.63, 3.8) is 0 Å². The van der Waals surface area contributed by atoms with Crippen LogP contribution in [0.15, 0.2) is 65.3 Å². The van der Waals surface area contributed by atoms with E-state index < -0.39 is 0 Å². The highest BCUT2D eigenvalue weighted by molar-refractivity contribution is 5.95. The van der Waals surface area contributed by atoms with Gasteiger partial charge in [0, 0.05) is 11.5 Å². The summed E-state index contributed by atoms with van der Waals surface area (Å²) in [5.74, 6) is 0.651. The van der Waals surface area contributed by atoms with Gasteiger partial charge in [-0.2, -0.15) is 0 Å². The van der Waals surface area contributed by atoms with Crippen LogP contribution >= 0.6 is 0 Å². The van der Waals surface area contributed by atoms with E-state index in [-0.39, 0.29) is 5.91 Å². The van der Waals surface area contributed by atoms with E-state index in [4.69, 9.17) is 5.73 Å². The van der Waals surface area contributed by atoms with Crippen LogP contribution in [0.5, 0.6) is 0 Å². The van der Waals surface area contributed by atoms with Crippen molar-refractivity contribution in [1.29, 1.82) is 0 Å². The second-order valence-electron chi connectivity index (χ2n) is 6.05. The molecule has 0 spiro atoms. The van der Waals surface area contributed by atoms with Gasteiger partial charge in [0.05, 0.1) is 0 Å². The first kappa shape index (κ1) is 12.4. The quantitative estimate of drug-likeness (QED) is 0.840. The van der Waals surface area contributed by atoms with Crippen LogP contribution < -0.4 is 5.73 Å². The van der Waals surface area contributed by atoms with Crippen molar-refractivity contribution in [1.82, 2.24) is 0 Å². The van der Waals surface area contributed by atoms with Crippen LogP contribution in [0, 0.1) is 11.8 Å². The molecule has 2 heteroatoms. The van der Waals surface area contributed by atoms with Gasteiger partial charge in [0.2, 0.25) is 5.91 Å². The molecule has 0 aliphatic heterocycles. The molecule has 0 fully saturated rings. The van der Waals surface area contributed by atoms with Crippen molar-refractivity contribution in [2.75, 3.05) is 0 Å². The van der Waals surface area contributed by atoms with Gasteiger partial charge in [-0.25, -0.2) is 0 Å². The molecule has 21 heavy (non-hydrogen) atoms. The summed E-state index contributed by atoms with van der Waals surface area (Å²) in [4.78, 5) is 11.3. The summed E-state index contributed by atoms with van der Waals surface area (Å²) in [7, 11) is 0. The summed E-state index contributed by atoms with van der Waals surface area (Å²) in [5, 5.41) is 0. The van der Waals surface area contributed by atoms with E-state index in [1.807, 2.05) is 12.2 Å². The van der Waals surface area contributed by atoms with Crippen LogP contribution in [0.4, 0.5) is 0 Å². The maximum Gasteiger partial charge on any atom is 0.248 e. The van der Waals surface area contributed by atoms with E-state index >= 15 is 0 Å². The van der Waals surface area contributed by atoms with Gasteiger partial charge in [-0.1, -0.05) is 48.6 Å². The Morgan fingerprint density at radius 1 is 1.10 bits per heavy atom. The van der Waals surface area contributed by atoms with Gasteiger partial charge in [0.15, 0.2) is 0 Å². The number of primary amides is 1. The van der Waals surface area contributed by atoms with Crippen LogP contribution in [-0.4, -0.2) is 5.91 Å². The van der Waals surface area contributed by atoms with E-state index in [0.29, 0.717) is 17.4 Å². The van der Waals surface area contributed by atoms with Crippen molar-refractivity contribution in [2.24, 2.45) is 17.6 Å². The molecule has 0 saturated heterocycles. The summed E-state index contributed by atoms with van der Waals surface area (Å²) >= 11 is 0. The average Bonchev–Trinajstić information content (AvgIpc) is 2.50. The Morgan fingerprint density at radius 3 is 2.81 bits per heavy atom. The number of hydrogen-bond acceptors (Lipinski definition) is 1. The zero-order valence-electron chi connectivity index (χ0n) is 11.8. The van der Waals surface area contributed by atoms with E-state index in [9.17, 15) is 4.79 Å². The fourth-order valence-corrected chi connectivity index (χ4v) is 3.60. The summed E-state index contributed by atoms with van der Waals surface area (Å²) in [5.41, 5.74) is 11.4. The molecule has 3 aliphatic rings. The van der Waals surface area contributed by atoms with Crippen molar-refractivity contribution < 1.29 is 4.79 Å². The molecule has 2 N–H and O–H groups in total. The topological polar surface area (TPSA) is 43.1 Å². The lowest BCUT2D eigenvalue weighted by Gasteiger charge is -2.33. The zero-order chi connectivity index (χ0) is 14.4. The Bertz CT molecular complexity index is 749. The predicted molar refractivity (Wildman–Crippen MR) is 84.2 cm³/mol. The Kier molecular flexibility index (Phi) is 2.71. The third-order valence-corrected chi connectivity index (χ3v) is 4.73. The Hall–Kier alpha value is -2.35. The molecule has 1 aromatic carbocycles. The summed E-state index contributed by atoms with van der Waals surface area (Å²) < 4.78 is 0. The van der Waals surface area contributed by atoms with Gasteiger partial charge in [0.1, 0.15) is 0 Å². The smallest absolute Gasteiger partial charge is 0.248 e. The van der Waals surface area contributed by atoms with E-state index in [1.54, 1.807) is 0 Å². The number of allylic oxidation sites excluding steroid dienone is 5. The number of nitrogens with two attached hydrogens (primary N) is 1. The van der Waals surface area contributed by atoms with E-state index in [2.05, 4.69) is 42.5 Å². The lowest BCUT2D eigenvalue weighted by Crippen LogP contribution is -2.23. The molecule has 1 aromatic rings. The lowest BCUT2D eigenvalue weighted by atomic mass is 9.71. The fourth-order valence-electron chi connectivity index (χ4n) is 3.60. The molecule has 2 nitrogen and oxygen atoms in total. The largest absolute Gasteiger partial charge is 0.366 e. The van der Waals surface area contributed by atoms with Crippen LogP contribution in [0.3, 0.4) is 0 Å². The highest BCUT2D eigenvalue weighted by Gasteiger charge is 2.29. The molecule has 2 unspecified atom stereocenters. The minimum absolute atomic E-state index is 0.351. The molecule has 0 radical (unpaired) electrons. The molecule has 0 heterocycles. The summed E-state index contributed by atoms with van der Waals surface area (Å²) in [6.45, 7) is 0. The highest BCUT2D eigenvalue weighted by atomic mass is 16.1. The number of benzene rings is 1. The van der Waals surface area contributed by atoms with Gasteiger partial charge in [0.25, 0.3) is 0 Å². The molecule has 0 aromatic heterocycles. The molecular weight excluding hydrogens is 258 g/mol. The monoisotopic (exact) mass is 275 g/mol. The maximum atomic E-state index is 11.3. The van der Waals surface area contributed by atoms with Crippen LogP contribution in [0.25, 0.3) is 6.08 Å². The molecular formula is C19H17NO. The first-order valence-electron chi connectivity index (χ1n) is 7.41. The summed E-state index contributed by atoms with van der Waals surface area (Å²) in [6, 6.07) is 8.60. The van der Waals surface area contributed by atoms with E-state index in [1.165, 1.54) is 22.3 Å². The number of carbonyl (C=O) groups excluding carboxylic acids is 1.